The van der Waals surface area contributed by atoms with E-state index in [1.807, 2.05) is 26.2 Å². The predicted molar refractivity (Wildman–Crippen MR) is 66.1 cm³/mol. The normalized spacial score (nSPS) is 13.1. The minimum absolute atomic E-state index is 0.135. The fourth-order valence-corrected chi connectivity index (χ4v) is 1.78. The van der Waals surface area contributed by atoms with Gasteiger partial charge >= 0.3 is 0 Å². The summed E-state index contributed by atoms with van der Waals surface area (Å²) in [6.07, 6.45) is 0. The number of halogens is 1. The van der Waals surface area contributed by atoms with Gasteiger partial charge in [0.1, 0.15) is 5.82 Å². The van der Waals surface area contributed by atoms with Gasteiger partial charge in [-0.1, -0.05) is 19.1 Å². The van der Waals surface area contributed by atoms with Crippen LogP contribution >= 0.6 is 0 Å². The van der Waals surface area contributed by atoms with Crippen molar-refractivity contribution < 1.29 is 4.39 Å². The van der Waals surface area contributed by atoms with Gasteiger partial charge in [0.25, 0.3) is 0 Å². The van der Waals surface area contributed by atoms with Gasteiger partial charge in [0.2, 0.25) is 0 Å². The largest absolute Gasteiger partial charge is 0.309 e. The third kappa shape index (κ3) is 3.58. The molecule has 0 bridgehead atoms. The Morgan fingerprint density at radius 1 is 1.38 bits per heavy atom. The van der Waals surface area contributed by atoms with Crippen molar-refractivity contribution in [1.82, 2.24) is 10.2 Å². The minimum atomic E-state index is -0.135. The van der Waals surface area contributed by atoms with Crippen LogP contribution in [0.2, 0.25) is 0 Å². The molecule has 1 atom stereocenters. The predicted octanol–water partition coefficient (Wildman–Crippen LogP) is 2.35. The van der Waals surface area contributed by atoms with Gasteiger partial charge in [0.05, 0.1) is 0 Å². The second-order valence-electron chi connectivity index (χ2n) is 4.38. The van der Waals surface area contributed by atoms with Crippen LogP contribution in [-0.4, -0.2) is 32.1 Å². The van der Waals surface area contributed by atoms with E-state index in [0.717, 1.165) is 18.7 Å². The van der Waals surface area contributed by atoms with Gasteiger partial charge in [-0.3, -0.25) is 0 Å². The Kier molecular flexibility index (Phi) is 4.90. The third-order valence-corrected chi connectivity index (χ3v) is 2.58. The molecular weight excluding hydrogens is 203 g/mol. The van der Waals surface area contributed by atoms with Crippen LogP contribution in [0, 0.1) is 12.7 Å². The summed E-state index contributed by atoms with van der Waals surface area (Å²) in [6, 6.07) is 5.59. The highest BCUT2D eigenvalue weighted by atomic mass is 19.1. The molecule has 1 unspecified atom stereocenters. The number of nitrogens with one attached hydrogen (secondary N) is 1. The first-order valence-corrected chi connectivity index (χ1v) is 5.68. The van der Waals surface area contributed by atoms with E-state index in [-0.39, 0.29) is 11.9 Å². The molecule has 0 aliphatic heterocycles. The Labute approximate surface area is 97.5 Å². The molecule has 0 heterocycles. The van der Waals surface area contributed by atoms with Gasteiger partial charge in [0.15, 0.2) is 0 Å². The molecule has 0 aliphatic rings. The molecule has 1 rings (SSSR count). The number of aryl methyl sites for hydroxylation is 1. The van der Waals surface area contributed by atoms with Crippen molar-refractivity contribution in [2.45, 2.75) is 19.9 Å². The molecule has 3 heteroatoms. The molecule has 90 valence electrons. The second-order valence-corrected chi connectivity index (χ2v) is 4.38. The van der Waals surface area contributed by atoms with Crippen LogP contribution in [0.5, 0.6) is 0 Å². The summed E-state index contributed by atoms with van der Waals surface area (Å²) in [6.45, 7) is 5.71. The fourth-order valence-electron chi connectivity index (χ4n) is 1.78. The van der Waals surface area contributed by atoms with Crippen LogP contribution in [0.1, 0.15) is 24.1 Å². The minimum Gasteiger partial charge on any atom is -0.309 e. The average Bonchev–Trinajstić information content (AvgIpc) is 2.21. The monoisotopic (exact) mass is 224 g/mol. The maximum absolute atomic E-state index is 13.2. The lowest BCUT2D eigenvalue weighted by molar-refractivity contribution is 0.345. The van der Waals surface area contributed by atoms with Gasteiger partial charge in [-0.15, -0.1) is 0 Å². The van der Waals surface area contributed by atoms with E-state index in [0.29, 0.717) is 5.56 Å². The van der Waals surface area contributed by atoms with Gasteiger partial charge in [-0.25, -0.2) is 4.39 Å². The lowest BCUT2D eigenvalue weighted by Gasteiger charge is -2.22. The van der Waals surface area contributed by atoms with Crippen molar-refractivity contribution in [3.63, 3.8) is 0 Å². The van der Waals surface area contributed by atoms with Gasteiger partial charge in [0, 0.05) is 12.6 Å². The Bertz CT molecular complexity index is 337. The van der Waals surface area contributed by atoms with Crippen LogP contribution in [0.3, 0.4) is 0 Å². The Balaban J connectivity index is 2.87. The lowest BCUT2D eigenvalue weighted by Crippen LogP contribution is -2.31. The molecular formula is C13H21FN2. The Morgan fingerprint density at radius 3 is 2.56 bits per heavy atom. The molecule has 2 nitrogen and oxygen atoms in total. The smallest absolute Gasteiger partial charge is 0.126 e. The molecule has 0 radical (unpaired) electrons. The summed E-state index contributed by atoms with van der Waals surface area (Å²) in [5.74, 6) is -0.135. The maximum Gasteiger partial charge on any atom is 0.126 e. The Morgan fingerprint density at radius 2 is 2.06 bits per heavy atom. The van der Waals surface area contributed by atoms with Crippen molar-refractivity contribution in [3.8, 4) is 0 Å². The second kappa shape index (κ2) is 5.97. The summed E-state index contributed by atoms with van der Waals surface area (Å²) in [4.78, 5) is 2.13. The van der Waals surface area contributed by atoms with Crippen molar-refractivity contribution in [3.05, 3.63) is 35.1 Å². The number of likely N-dealkylation sites (N-methyl/N-ethyl adjacent to an activating group) is 2. The van der Waals surface area contributed by atoms with Crippen LogP contribution in [0.25, 0.3) is 0 Å². The first kappa shape index (κ1) is 13.1. The third-order valence-electron chi connectivity index (χ3n) is 2.58. The van der Waals surface area contributed by atoms with Crippen molar-refractivity contribution in [2.24, 2.45) is 0 Å². The summed E-state index contributed by atoms with van der Waals surface area (Å²) in [7, 11) is 4.08. The molecule has 0 saturated heterocycles. The highest BCUT2D eigenvalue weighted by Gasteiger charge is 2.12. The summed E-state index contributed by atoms with van der Waals surface area (Å²) in [5.41, 5.74) is 1.86. The quantitative estimate of drug-likeness (QED) is 0.826. The van der Waals surface area contributed by atoms with Crippen molar-refractivity contribution in [1.29, 1.82) is 0 Å². The maximum atomic E-state index is 13.2. The topological polar surface area (TPSA) is 15.3 Å². The number of benzene rings is 1. The fraction of sp³-hybridized carbons (Fsp3) is 0.538. The zero-order chi connectivity index (χ0) is 12.1. The zero-order valence-corrected chi connectivity index (χ0v) is 10.5. The molecule has 1 N–H and O–H groups in total. The highest BCUT2D eigenvalue weighted by Crippen LogP contribution is 2.17. The van der Waals surface area contributed by atoms with Gasteiger partial charge < -0.3 is 10.2 Å². The van der Waals surface area contributed by atoms with Crippen LogP contribution in [0.4, 0.5) is 4.39 Å². The molecule has 1 aromatic rings. The van der Waals surface area contributed by atoms with Crippen molar-refractivity contribution >= 4 is 0 Å². The van der Waals surface area contributed by atoms with E-state index in [1.54, 1.807) is 13.0 Å². The zero-order valence-electron chi connectivity index (χ0n) is 10.5. The van der Waals surface area contributed by atoms with E-state index in [1.165, 1.54) is 0 Å². The highest BCUT2D eigenvalue weighted by molar-refractivity contribution is 5.26. The number of rotatable bonds is 5. The molecule has 0 spiro atoms. The molecule has 0 aromatic heterocycles. The van der Waals surface area contributed by atoms with Gasteiger partial charge in [-0.05, 0) is 44.8 Å². The van der Waals surface area contributed by atoms with Crippen LogP contribution < -0.4 is 5.32 Å². The van der Waals surface area contributed by atoms with E-state index in [4.69, 9.17) is 0 Å². The number of hydrogen-bond acceptors (Lipinski definition) is 2. The molecule has 1 aromatic carbocycles. The molecule has 0 fully saturated rings. The summed E-state index contributed by atoms with van der Waals surface area (Å²) in [5, 5.41) is 3.41. The molecule has 0 amide bonds. The summed E-state index contributed by atoms with van der Waals surface area (Å²) >= 11 is 0. The van der Waals surface area contributed by atoms with E-state index in [9.17, 15) is 4.39 Å². The average molecular weight is 224 g/mol. The summed E-state index contributed by atoms with van der Waals surface area (Å²) < 4.78 is 13.2. The SMILES string of the molecule is CCNC(CN(C)C)c1ccc(F)c(C)c1. The first-order chi connectivity index (χ1) is 7.54. The Hall–Kier alpha value is -0.930. The molecule has 16 heavy (non-hydrogen) atoms. The van der Waals surface area contributed by atoms with Crippen LogP contribution in [-0.2, 0) is 0 Å². The van der Waals surface area contributed by atoms with E-state index < -0.39 is 0 Å². The molecule has 0 aliphatic carbocycles. The van der Waals surface area contributed by atoms with Gasteiger partial charge in [-0.2, -0.15) is 0 Å². The van der Waals surface area contributed by atoms with Crippen LogP contribution in [0.15, 0.2) is 18.2 Å². The first-order valence-electron chi connectivity index (χ1n) is 5.68. The number of nitrogens with zero attached hydrogens (tertiary/aromatic N) is 1. The number of hydrogen-bond donors (Lipinski definition) is 1. The lowest BCUT2D eigenvalue weighted by atomic mass is 10.0. The molecule has 0 saturated carbocycles. The van der Waals surface area contributed by atoms with E-state index >= 15 is 0 Å². The standard InChI is InChI=1S/C13H21FN2/c1-5-15-13(9-16(3)4)11-6-7-12(14)10(2)8-11/h6-8,13,15H,5,9H2,1-4H3. The van der Waals surface area contributed by atoms with E-state index in [2.05, 4.69) is 17.1 Å². The van der Waals surface area contributed by atoms with Crippen molar-refractivity contribution in [2.75, 3.05) is 27.2 Å².